The van der Waals surface area contributed by atoms with Gasteiger partial charge in [0.2, 0.25) is 0 Å². The van der Waals surface area contributed by atoms with Gasteiger partial charge in [-0.15, -0.1) is 0 Å². The summed E-state index contributed by atoms with van der Waals surface area (Å²) in [4.78, 5) is 8.23. The molecule has 0 aliphatic heterocycles. The van der Waals surface area contributed by atoms with Crippen LogP contribution in [0, 0.1) is 0 Å². The molecule has 0 amide bonds. The SMILES string of the molecule is CCCNCc1ccc(OCc2ncccn2)cc1. The standard InChI is InChI=1S/C15H19N3O/c1-2-8-16-11-13-4-6-14(7-5-13)19-12-15-17-9-3-10-18-15/h3-7,9-10,16H,2,8,11-12H2,1H3. The summed E-state index contributed by atoms with van der Waals surface area (Å²) in [7, 11) is 0. The maximum Gasteiger partial charge on any atom is 0.166 e. The van der Waals surface area contributed by atoms with Crippen molar-refractivity contribution in [1.29, 1.82) is 0 Å². The van der Waals surface area contributed by atoms with Crippen LogP contribution in [0.4, 0.5) is 0 Å². The summed E-state index contributed by atoms with van der Waals surface area (Å²) < 4.78 is 5.63. The lowest BCUT2D eigenvalue weighted by Gasteiger charge is -2.07. The monoisotopic (exact) mass is 257 g/mol. The van der Waals surface area contributed by atoms with Crippen LogP contribution >= 0.6 is 0 Å². The molecular weight excluding hydrogens is 238 g/mol. The van der Waals surface area contributed by atoms with Crippen LogP contribution in [0.2, 0.25) is 0 Å². The zero-order valence-corrected chi connectivity index (χ0v) is 11.2. The molecule has 0 aliphatic carbocycles. The Morgan fingerprint density at radius 3 is 2.53 bits per heavy atom. The number of nitrogens with one attached hydrogen (secondary N) is 1. The number of benzene rings is 1. The molecule has 4 heteroatoms. The van der Waals surface area contributed by atoms with Gasteiger partial charge in [0.1, 0.15) is 12.4 Å². The van der Waals surface area contributed by atoms with E-state index >= 15 is 0 Å². The summed E-state index contributed by atoms with van der Waals surface area (Å²) in [6.07, 6.45) is 4.58. The van der Waals surface area contributed by atoms with Gasteiger partial charge in [0, 0.05) is 18.9 Å². The average Bonchev–Trinajstić information content (AvgIpc) is 2.48. The van der Waals surface area contributed by atoms with Crippen molar-refractivity contribution in [3.63, 3.8) is 0 Å². The molecule has 2 rings (SSSR count). The third-order valence-electron chi connectivity index (χ3n) is 2.67. The number of hydrogen-bond donors (Lipinski definition) is 1. The molecule has 2 aromatic rings. The zero-order valence-electron chi connectivity index (χ0n) is 11.2. The minimum Gasteiger partial charge on any atom is -0.486 e. The molecule has 0 fully saturated rings. The largest absolute Gasteiger partial charge is 0.486 e. The summed E-state index contributed by atoms with van der Waals surface area (Å²) >= 11 is 0. The quantitative estimate of drug-likeness (QED) is 0.774. The molecule has 1 heterocycles. The van der Waals surface area contributed by atoms with E-state index in [-0.39, 0.29) is 0 Å². The molecule has 0 spiro atoms. The molecule has 0 unspecified atom stereocenters. The van der Waals surface area contributed by atoms with Gasteiger partial charge in [-0.3, -0.25) is 0 Å². The van der Waals surface area contributed by atoms with Gasteiger partial charge in [0.25, 0.3) is 0 Å². The predicted molar refractivity (Wildman–Crippen MR) is 74.8 cm³/mol. The summed E-state index contributed by atoms with van der Waals surface area (Å²) in [6, 6.07) is 9.90. The molecule has 1 N–H and O–H groups in total. The molecule has 0 radical (unpaired) electrons. The van der Waals surface area contributed by atoms with E-state index < -0.39 is 0 Å². The van der Waals surface area contributed by atoms with Crippen LogP contribution < -0.4 is 10.1 Å². The fourth-order valence-electron chi connectivity index (χ4n) is 1.67. The molecule has 0 atom stereocenters. The van der Waals surface area contributed by atoms with Crippen LogP contribution in [0.5, 0.6) is 5.75 Å². The normalized spacial score (nSPS) is 10.4. The van der Waals surface area contributed by atoms with Crippen molar-refractivity contribution in [3.8, 4) is 5.75 Å². The molecule has 4 nitrogen and oxygen atoms in total. The van der Waals surface area contributed by atoms with Crippen molar-refractivity contribution in [2.75, 3.05) is 6.54 Å². The highest BCUT2D eigenvalue weighted by molar-refractivity contribution is 5.27. The van der Waals surface area contributed by atoms with Gasteiger partial charge < -0.3 is 10.1 Å². The first kappa shape index (κ1) is 13.5. The summed E-state index contributed by atoms with van der Waals surface area (Å²) in [6.45, 7) is 4.50. The molecule has 1 aromatic carbocycles. The summed E-state index contributed by atoms with van der Waals surface area (Å²) in [5.74, 6) is 1.53. The third-order valence-corrected chi connectivity index (χ3v) is 2.67. The first-order chi connectivity index (χ1) is 9.38. The van der Waals surface area contributed by atoms with E-state index in [1.54, 1.807) is 18.5 Å². The van der Waals surface area contributed by atoms with Crippen LogP contribution in [0.25, 0.3) is 0 Å². The van der Waals surface area contributed by atoms with Crippen LogP contribution in [0.15, 0.2) is 42.7 Å². The lowest BCUT2D eigenvalue weighted by molar-refractivity contribution is 0.295. The number of rotatable bonds is 7. The average molecular weight is 257 g/mol. The first-order valence-electron chi connectivity index (χ1n) is 6.57. The highest BCUT2D eigenvalue weighted by Gasteiger charge is 1.98. The van der Waals surface area contributed by atoms with E-state index in [9.17, 15) is 0 Å². The molecule has 1 aromatic heterocycles. The Labute approximate surface area is 113 Å². The van der Waals surface area contributed by atoms with Gasteiger partial charge in [-0.2, -0.15) is 0 Å². The predicted octanol–water partition coefficient (Wildman–Crippen LogP) is 2.56. The van der Waals surface area contributed by atoms with Crippen LogP contribution in [0.3, 0.4) is 0 Å². The first-order valence-corrected chi connectivity index (χ1v) is 6.57. The Balaban J connectivity index is 1.81. The van der Waals surface area contributed by atoms with Gasteiger partial charge >= 0.3 is 0 Å². The van der Waals surface area contributed by atoms with E-state index in [2.05, 4.69) is 34.3 Å². The zero-order chi connectivity index (χ0) is 13.3. The smallest absolute Gasteiger partial charge is 0.166 e. The van der Waals surface area contributed by atoms with E-state index in [0.29, 0.717) is 12.4 Å². The van der Waals surface area contributed by atoms with Crippen molar-refractivity contribution in [2.45, 2.75) is 26.5 Å². The second kappa shape index (κ2) is 7.48. The highest BCUT2D eigenvalue weighted by atomic mass is 16.5. The lowest BCUT2D eigenvalue weighted by Crippen LogP contribution is -2.13. The fraction of sp³-hybridized carbons (Fsp3) is 0.333. The van der Waals surface area contributed by atoms with Gasteiger partial charge in [0.05, 0.1) is 0 Å². The molecule has 0 saturated heterocycles. The lowest BCUT2D eigenvalue weighted by atomic mass is 10.2. The van der Waals surface area contributed by atoms with E-state index in [4.69, 9.17) is 4.74 Å². The number of nitrogens with zero attached hydrogens (tertiary/aromatic N) is 2. The van der Waals surface area contributed by atoms with Crippen molar-refractivity contribution < 1.29 is 4.74 Å². The van der Waals surface area contributed by atoms with Gasteiger partial charge in [-0.1, -0.05) is 19.1 Å². The Hall–Kier alpha value is -1.94. The van der Waals surface area contributed by atoms with Crippen molar-refractivity contribution in [1.82, 2.24) is 15.3 Å². The molecular formula is C15H19N3O. The Bertz CT molecular complexity index is 471. The maximum atomic E-state index is 5.63. The van der Waals surface area contributed by atoms with E-state index in [1.807, 2.05) is 12.1 Å². The minimum absolute atomic E-state index is 0.397. The molecule has 0 aliphatic rings. The second-order valence-corrected chi connectivity index (χ2v) is 4.27. The number of ether oxygens (including phenoxy) is 1. The highest BCUT2D eigenvalue weighted by Crippen LogP contribution is 2.13. The van der Waals surface area contributed by atoms with Crippen molar-refractivity contribution in [2.24, 2.45) is 0 Å². The number of hydrogen-bond acceptors (Lipinski definition) is 4. The Morgan fingerprint density at radius 2 is 1.84 bits per heavy atom. The second-order valence-electron chi connectivity index (χ2n) is 4.27. The molecule has 0 bridgehead atoms. The minimum atomic E-state index is 0.397. The summed E-state index contributed by atoms with van der Waals surface area (Å²) in [5.41, 5.74) is 1.26. The van der Waals surface area contributed by atoms with Crippen LogP contribution in [-0.2, 0) is 13.2 Å². The number of aromatic nitrogens is 2. The molecule has 0 saturated carbocycles. The fourth-order valence-corrected chi connectivity index (χ4v) is 1.67. The molecule has 100 valence electrons. The van der Waals surface area contributed by atoms with Gasteiger partial charge in [-0.05, 0) is 36.7 Å². The topological polar surface area (TPSA) is 47.0 Å². The summed E-state index contributed by atoms with van der Waals surface area (Å²) in [5, 5.41) is 3.37. The Kier molecular flexibility index (Phi) is 5.31. The Morgan fingerprint density at radius 1 is 1.11 bits per heavy atom. The third kappa shape index (κ3) is 4.67. The van der Waals surface area contributed by atoms with Crippen LogP contribution in [-0.4, -0.2) is 16.5 Å². The maximum absolute atomic E-state index is 5.63. The molecule has 19 heavy (non-hydrogen) atoms. The van der Waals surface area contributed by atoms with Crippen molar-refractivity contribution in [3.05, 3.63) is 54.1 Å². The van der Waals surface area contributed by atoms with Crippen LogP contribution in [0.1, 0.15) is 24.7 Å². The van der Waals surface area contributed by atoms with Gasteiger partial charge in [-0.25, -0.2) is 9.97 Å². The van der Waals surface area contributed by atoms with E-state index in [0.717, 1.165) is 25.3 Å². The van der Waals surface area contributed by atoms with E-state index in [1.165, 1.54) is 5.56 Å². The van der Waals surface area contributed by atoms with Gasteiger partial charge in [0.15, 0.2) is 5.82 Å². The van der Waals surface area contributed by atoms with Crippen molar-refractivity contribution >= 4 is 0 Å².